The summed E-state index contributed by atoms with van der Waals surface area (Å²) in [5.74, 6) is -0.598. The van der Waals surface area contributed by atoms with Gasteiger partial charge in [0, 0.05) is 23.2 Å². The summed E-state index contributed by atoms with van der Waals surface area (Å²) < 4.78 is 14.7. The van der Waals surface area contributed by atoms with Gasteiger partial charge in [0.05, 0.1) is 6.04 Å². The van der Waals surface area contributed by atoms with Gasteiger partial charge in [-0.2, -0.15) is 5.10 Å². The maximum atomic E-state index is 14.7. The molecule has 3 aromatic rings. The largest absolute Gasteiger partial charge is 0.507 e. The summed E-state index contributed by atoms with van der Waals surface area (Å²) in [6, 6.07) is 9.32. The molecule has 2 N–H and O–H groups in total. The molecule has 0 spiro atoms. The highest BCUT2D eigenvalue weighted by molar-refractivity contribution is 6.00. The molecule has 0 saturated carbocycles. The number of halogens is 1. The number of phenolic OH excluding ortho intramolecular Hbond substituents is 1. The highest BCUT2D eigenvalue weighted by Gasteiger charge is 2.43. The zero-order chi connectivity index (χ0) is 20.0. The van der Waals surface area contributed by atoms with E-state index in [0.29, 0.717) is 28.1 Å². The summed E-state index contributed by atoms with van der Waals surface area (Å²) in [5, 5.41) is 17.7. The summed E-state index contributed by atoms with van der Waals surface area (Å²) in [4.78, 5) is 14.5. The van der Waals surface area contributed by atoms with E-state index in [1.807, 2.05) is 19.9 Å². The summed E-state index contributed by atoms with van der Waals surface area (Å²) in [6.07, 6.45) is 1.61. The third-order valence-electron chi connectivity index (χ3n) is 5.09. The summed E-state index contributed by atoms with van der Waals surface area (Å²) >= 11 is 0. The van der Waals surface area contributed by atoms with Crippen molar-refractivity contribution in [1.82, 2.24) is 15.1 Å². The first-order valence-electron chi connectivity index (χ1n) is 8.99. The van der Waals surface area contributed by atoms with Crippen LogP contribution in [0.25, 0.3) is 11.3 Å². The van der Waals surface area contributed by atoms with Crippen molar-refractivity contribution in [3.8, 4) is 17.0 Å². The molecule has 1 aliphatic heterocycles. The molecular weight excluding hydrogens is 357 g/mol. The average molecular weight is 377 g/mol. The molecule has 1 amide bonds. The minimum Gasteiger partial charge on any atom is -0.507 e. The number of carbonyl (C=O) groups excluding carboxylic acids is 1. The number of H-pyrrole nitrogens is 1. The molecule has 0 fully saturated rings. The maximum absolute atomic E-state index is 14.7. The zero-order valence-corrected chi connectivity index (χ0v) is 15.7. The van der Waals surface area contributed by atoms with Crippen LogP contribution in [0.1, 0.15) is 38.8 Å². The van der Waals surface area contributed by atoms with Crippen LogP contribution in [0.15, 0.2) is 49.1 Å². The van der Waals surface area contributed by atoms with Crippen molar-refractivity contribution in [2.75, 3.05) is 6.54 Å². The van der Waals surface area contributed by atoms with Gasteiger partial charge < -0.3 is 10.0 Å². The Bertz CT molecular complexity index is 1080. The van der Waals surface area contributed by atoms with Crippen LogP contribution < -0.4 is 0 Å². The molecule has 1 aliphatic rings. The van der Waals surface area contributed by atoms with Crippen LogP contribution in [0, 0.1) is 19.7 Å². The van der Waals surface area contributed by atoms with Crippen LogP contribution >= 0.6 is 0 Å². The Hall–Kier alpha value is -3.41. The molecule has 2 aromatic carbocycles. The molecule has 4 rings (SSSR count). The molecule has 1 aromatic heterocycles. The molecule has 0 aliphatic carbocycles. The van der Waals surface area contributed by atoms with E-state index in [2.05, 4.69) is 16.8 Å². The van der Waals surface area contributed by atoms with Crippen molar-refractivity contribution in [1.29, 1.82) is 0 Å². The van der Waals surface area contributed by atoms with E-state index in [9.17, 15) is 14.3 Å². The molecule has 142 valence electrons. The first-order chi connectivity index (χ1) is 13.4. The normalized spacial score (nSPS) is 15.8. The molecule has 0 radical (unpaired) electrons. The fourth-order valence-electron chi connectivity index (χ4n) is 3.99. The molecule has 5 nitrogen and oxygen atoms in total. The number of hydrogen-bond donors (Lipinski definition) is 2. The first kappa shape index (κ1) is 18.0. The minimum atomic E-state index is -0.657. The van der Waals surface area contributed by atoms with Crippen molar-refractivity contribution >= 4 is 5.91 Å². The molecule has 6 heteroatoms. The maximum Gasteiger partial charge on any atom is 0.273 e. The first-order valence-corrected chi connectivity index (χ1v) is 8.99. The smallest absolute Gasteiger partial charge is 0.273 e. The third kappa shape index (κ3) is 2.60. The van der Waals surface area contributed by atoms with Crippen LogP contribution in [-0.2, 0) is 0 Å². The number of aromatic hydroxyl groups is 1. The van der Waals surface area contributed by atoms with E-state index < -0.39 is 11.9 Å². The van der Waals surface area contributed by atoms with Crippen LogP contribution in [0.3, 0.4) is 0 Å². The minimum absolute atomic E-state index is 0.0775. The lowest BCUT2D eigenvalue weighted by Crippen LogP contribution is -2.30. The Labute approximate surface area is 162 Å². The van der Waals surface area contributed by atoms with Crippen molar-refractivity contribution in [3.63, 3.8) is 0 Å². The number of nitrogens with zero attached hydrogens (tertiary/aromatic N) is 2. The average Bonchev–Trinajstić information content (AvgIpc) is 3.16. The number of carbonyl (C=O) groups is 1. The van der Waals surface area contributed by atoms with Gasteiger partial charge in [-0.1, -0.05) is 30.3 Å². The molecule has 0 saturated heterocycles. The predicted molar refractivity (Wildman–Crippen MR) is 105 cm³/mol. The number of benzene rings is 2. The number of rotatable bonds is 4. The highest BCUT2D eigenvalue weighted by atomic mass is 19.1. The van der Waals surface area contributed by atoms with Crippen LogP contribution in [-0.4, -0.2) is 32.7 Å². The Kier molecular flexibility index (Phi) is 4.26. The third-order valence-corrected chi connectivity index (χ3v) is 5.09. The van der Waals surface area contributed by atoms with E-state index in [1.54, 1.807) is 35.2 Å². The van der Waals surface area contributed by atoms with E-state index in [4.69, 9.17) is 0 Å². The second kappa shape index (κ2) is 6.64. The van der Waals surface area contributed by atoms with Crippen LogP contribution in [0.4, 0.5) is 4.39 Å². The van der Waals surface area contributed by atoms with Crippen molar-refractivity contribution < 1.29 is 14.3 Å². The summed E-state index contributed by atoms with van der Waals surface area (Å²) in [6.45, 7) is 7.75. The van der Waals surface area contributed by atoms with Gasteiger partial charge in [0.2, 0.25) is 0 Å². The van der Waals surface area contributed by atoms with Gasteiger partial charge in [0.15, 0.2) is 0 Å². The van der Waals surface area contributed by atoms with Crippen LogP contribution in [0.2, 0.25) is 0 Å². The fraction of sp³-hybridized carbons (Fsp3) is 0.182. The van der Waals surface area contributed by atoms with Gasteiger partial charge in [-0.05, 0) is 37.1 Å². The lowest BCUT2D eigenvalue weighted by atomic mass is 9.93. The van der Waals surface area contributed by atoms with E-state index in [0.717, 1.165) is 11.1 Å². The molecule has 0 unspecified atom stereocenters. The number of amides is 1. The number of nitrogens with one attached hydrogen (secondary N) is 1. The van der Waals surface area contributed by atoms with Gasteiger partial charge in [0.1, 0.15) is 23.0 Å². The number of aromatic nitrogens is 2. The van der Waals surface area contributed by atoms with Crippen molar-refractivity contribution in [2.45, 2.75) is 19.9 Å². The topological polar surface area (TPSA) is 69.2 Å². The highest BCUT2D eigenvalue weighted by Crippen LogP contribution is 2.45. The van der Waals surface area contributed by atoms with E-state index in [-0.39, 0.29) is 18.2 Å². The Balaban J connectivity index is 1.99. The number of aromatic amines is 1. The van der Waals surface area contributed by atoms with E-state index >= 15 is 0 Å². The van der Waals surface area contributed by atoms with Crippen molar-refractivity contribution in [2.24, 2.45) is 0 Å². The van der Waals surface area contributed by atoms with Gasteiger partial charge in [0.25, 0.3) is 5.91 Å². The monoisotopic (exact) mass is 377 g/mol. The Morgan fingerprint density at radius 1 is 1.32 bits per heavy atom. The van der Waals surface area contributed by atoms with Crippen molar-refractivity contribution in [3.05, 3.63) is 82.8 Å². The number of phenols is 1. The number of hydrogen-bond acceptors (Lipinski definition) is 3. The zero-order valence-electron chi connectivity index (χ0n) is 15.7. The van der Waals surface area contributed by atoms with Gasteiger partial charge in [-0.25, -0.2) is 4.39 Å². The quantitative estimate of drug-likeness (QED) is 0.667. The summed E-state index contributed by atoms with van der Waals surface area (Å²) in [7, 11) is 0. The number of fused-ring (bicyclic) bond motifs is 1. The Morgan fingerprint density at radius 2 is 2.07 bits per heavy atom. The van der Waals surface area contributed by atoms with Gasteiger partial charge in [-0.15, -0.1) is 6.58 Å². The Morgan fingerprint density at radius 3 is 2.75 bits per heavy atom. The SMILES string of the molecule is C=CCN1C(=O)c2[nH]nc(-c3c(C)cc(C)cc3O)c2[C@@H]1c1ccccc1F. The summed E-state index contributed by atoms with van der Waals surface area (Å²) in [5.41, 5.74) is 4.00. The molecule has 2 heterocycles. The number of aryl methyl sites for hydroxylation is 2. The lowest BCUT2D eigenvalue weighted by molar-refractivity contribution is 0.0763. The van der Waals surface area contributed by atoms with E-state index in [1.165, 1.54) is 6.07 Å². The van der Waals surface area contributed by atoms with Gasteiger partial charge >= 0.3 is 0 Å². The standard InChI is InChI=1S/C22H20FN3O2/c1-4-9-26-21(14-7-5-6-8-15(14)23)18-19(24-25-20(18)22(26)28)17-13(3)10-12(2)11-16(17)27/h4-8,10-11,21,27H,1,9H2,2-3H3,(H,24,25)/t21-/m0/s1. The second-order valence-corrected chi connectivity index (χ2v) is 7.01. The second-order valence-electron chi connectivity index (χ2n) is 7.01. The molecule has 28 heavy (non-hydrogen) atoms. The lowest BCUT2D eigenvalue weighted by Gasteiger charge is -2.25. The predicted octanol–water partition coefficient (Wildman–Crippen LogP) is 4.27. The molecule has 0 bridgehead atoms. The fourth-order valence-corrected chi connectivity index (χ4v) is 3.99. The molecule has 1 atom stereocenters. The molecular formula is C22H20FN3O2. The van der Waals surface area contributed by atoms with Crippen LogP contribution in [0.5, 0.6) is 5.75 Å². The van der Waals surface area contributed by atoms with Gasteiger partial charge in [-0.3, -0.25) is 9.89 Å².